The summed E-state index contributed by atoms with van der Waals surface area (Å²) in [6.45, 7) is 1.49. The Bertz CT molecular complexity index is 642. The molecule has 20 heavy (non-hydrogen) atoms. The van der Waals surface area contributed by atoms with Crippen LogP contribution in [0, 0.1) is 0 Å². The largest absolute Gasteiger partial charge is 0.495 e. The fourth-order valence-electron chi connectivity index (χ4n) is 2.52. The second-order valence-corrected chi connectivity index (χ2v) is 7.38. The SMILES string of the molecule is COc1cc2c(cc1S(=O)(=O)Cl)CCC(NC(C)=O)C2. The summed E-state index contributed by atoms with van der Waals surface area (Å²) >= 11 is 0. The third-order valence-electron chi connectivity index (χ3n) is 3.38. The highest BCUT2D eigenvalue weighted by Gasteiger charge is 2.24. The lowest BCUT2D eigenvalue weighted by Crippen LogP contribution is -2.37. The normalized spacial score (nSPS) is 18.2. The van der Waals surface area contributed by atoms with Crippen LogP contribution >= 0.6 is 10.7 Å². The van der Waals surface area contributed by atoms with Crippen LogP contribution in [0.25, 0.3) is 0 Å². The zero-order valence-corrected chi connectivity index (χ0v) is 12.8. The first-order chi connectivity index (χ1) is 9.31. The number of methoxy groups -OCH3 is 1. The van der Waals surface area contributed by atoms with E-state index in [1.807, 2.05) is 0 Å². The van der Waals surface area contributed by atoms with Crippen molar-refractivity contribution in [2.45, 2.75) is 37.1 Å². The lowest BCUT2D eigenvalue weighted by molar-refractivity contribution is -0.119. The number of amides is 1. The average Bonchev–Trinajstić information content (AvgIpc) is 2.35. The molecule has 1 aliphatic rings. The summed E-state index contributed by atoms with van der Waals surface area (Å²) in [5.41, 5.74) is 1.92. The molecule has 1 aliphatic carbocycles. The van der Waals surface area contributed by atoms with Gasteiger partial charge in [-0.1, -0.05) is 0 Å². The molecule has 7 heteroatoms. The zero-order chi connectivity index (χ0) is 14.9. The van der Waals surface area contributed by atoms with Crippen molar-refractivity contribution in [1.82, 2.24) is 5.32 Å². The van der Waals surface area contributed by atoms with Crippen molar-refractivity contribution in [3.63, 3.8) is 0 Å². The Morgan fingerprint density at radius 2 is 2.10 bits per heavy atom. The molecule has 0 saturated heterocycles. The van der Waals surface area contributed by atoms with Crippen molar-refractivity contribution < 1.29 is 17.9 Å². The molecule has 1 aromatic carbocycles. The molecule has 0 saturated carbocycles. The lowest BCUT2D eigenvalue weighted by Gasteiger charge is -2.26. The van der Waals surface area contributed by atoms with E-state index in [1.165, 1.54) is 14.0 Å². The van der Waals surface area contributed by atoms with Crippen LogP contribution in [-0.4, -0.2) is 27.5 Å². The standard InChI is InChI=1S/C13H16ClNO4S/c1-8(16)15-11-4-3-9-7-13(20(14,17)18)12(19-2)6-10(9)5-11/h6-7,11H,3-5H2,1-2H3,(H,15,16). The van der Waals surface area contributed by atoms with Crippen molar-refractivity contribution in [1.29, 1.82) is 0 Å². The molecular formula is C13H16ClNO4S. The van der Waals surface area contributed by atoms with Crippen LogP contribution < -0.4 is 10.1 Å². The first-order valence-corrected chi connectivity index (χ1v) is 8.53. The second kappa shape index (κ2) is 5.61. The van der Waals surface area contributed by atoms with Crippen LogP contribution in [0.1, 0.15) is 24.5 Å². The molecule has 1 N–H and O–H groups in total. The summed E-state index contributed by atoms with van der Waals surface area (Å²) in [6, 6.07) is 3.34. The molecule has 5 nitrogen and oxygen atoms in total. The third-order valence-corrected chi connectivity index (χ3v) is 4.73. The van der Waals surface area contributed by atoms with Crippen molar-refractivity contribution in [3.05, 3.63) is 23.3 Å². The molecule has 0 aromatic heterocycles. The number of hydrogen-bond acceptors (Lipinski definition) is 4. The molecule has 1 aromatic rings. The van der Waals surface area contributed by atoms with Crippen LogP contribution in [0.5, 0.6) is 5.75 Å². The van der Waals surface area contributed by atoms with Gasteiger partial charge in [-0.25, -0.2) is 8.42 Å². The van der Waals surface area contributed by atoms with E-state index in [0.717, 1.165) is 17.5 Å². The van der Waals surface area contributed by atoms with Gasteiger partial charge in [-0.2, -0.15) is 0 Å². The van der Waals surface area contributed by atoms with Gasteiger partial charge in [-0.05, 0) is 42.5 Å². The van der Waals surface area contributed by atoms with Crippen molar-refractivity contribution in [3.8, 4) is 5.75 Å². The maximum Gasteiger partial charge on any atom is 0.264 e. The van der Waals surface area contributed by atoms with E-state index in [0.29, 0.717) is 12.8 Å². The maximum atomic E-state index is 11.5. The van der Waals surface area contributed by atoms with Crippen LogP contribution in [-0.2, 0) is 26.7 Å². The molecule has 1 unspecified atom stereocenters. The summed E-state index contributed by atoms with van der Waals surface area (Å²) in [7, 11) is 2.99. The van der Waals surface area contributed by atoms with Gasteiger partial charge in [0, 0.05) is 23.6 Å². The molecule has 0 radical (unpaired) electrons. The summed E-state index contributed by atoms with van der Waals surface area (Å²) in [5.74, 6) is 0.174. The van der Waals surface area contributed by atoms with Crippen molar-refractivity contribution in [2.75, 3.05) is 7.11 Å². The Hall–Kier alpha value is -1.27. The van der Waals surface area contributed by atoms with Crippen molar-refractivity contribution >= 4 is 25.6 Å². The Labute approximate surface area is 122 Å². The Morgan fingerprint density at radius 1 is 1.40 bits per heavy atom. The molecule has 1 atom stereocenters. The third kappa shape index (κ3) is 3.24. The van der Waals surface area contributed by atoms with E-state index < -0.39 is 9.05 Å². The fraction of sp³-hybridized carbons (Fsp3) is 0.462. The average molecular weight is 318 g/mol. The predicted octanol–water partition coefficient (Wildman–Crippen LogP) is 1.62. The number of rotatable bonds is 3. The number of carbonyl (C=O) groups is 1. The summed E-state index contributed by atoms with van der Waals surface area (Å²) in [4.78, 5) is 11.1. The van der Waals surface area contributed by atoms with Gasteiger partial charge in [0.15, 0.2) is 0 Å². The highest BCUT2D eigenvalue weighted by Crippen LogP contribution is 2.33. The van der Waals surface area contributed by atoms with Gasteiger partial charge in [-0.3, -0.25) is 4.79 Å². The van der Waals surface area contributed by atoms with E-state index in [9.17, 15) is 13.2 Å². The van der Waals surface area contributed by atoms with Crippen LogP contribution in [0.15, 0.2) is 17.0 Å². The number of benzene rings is 1. The number of hydrogen-bond donors (Lipinski definition) is 1. The Balaban J connectivity index is 2.38. The fourth-order valence-corrected chi connectivity index (χ4v) is 3.55. The molecule has 0 bridgehead atoms. The molecule has 2 rings (SSSR count). The van der Waals surface area contributed by atoms with Crippen LogP contribution in [0.4, 0.5) is 0 Å². The number of fused-ring (bicyclic) bond motifs is 1. The molecular weight excluding hydrogens is 302 g/mol. The minimum atomic E-state index is -3.83. The van der Waals surface area contributed by atoms with Crippen molar-refractivity contribution in [2.24, 2.45) is 0 Å². The molecule has 0 fully saturated rings. The molecule has 1 amide bonds. The lowest BCUT2D eigenvalue weighted by atomic mass is 9.88. The molecule has 0 spiro atoms. The number of nitrogens with one attached hydrogen (secondary N) is 1. The highest BCUT2D eigenvalue weighted by molar-refractivity contribution is 8.13. The Kier molecular flexibility index (Phi) is 4.25. The number of halogens is 1. The van der Waals surface area contributed by atoms with E-state index in [4.69, 9.17) is 15.4 Å². The topological polar surface area (TPSA) is 72.5 Å². The van der Waals surface area contributed by atoms with Crippen LogP contribution in [0.2, 0.25) is 0 Å². The Morgan fingerprint density at radius 3 is 2.65 bits per heavy atom. The monoisotopic (exact) mass is 317 g/mol. The van der Waals surface area contributed by atoms with Gasteiger partial charge < -0.3 is 10.1 Å². The van der Waals surface area contributed by atoms with Gasteiger partial charge >= 0.3 is 0 Å². The van der Waals surface area contributed by atoms with Gasteiger partial charge in [0.1, 0.15) is 10.6 Å². The first kappa shape index (κ1) is 15.1. The first-order valence-electron chi connectivity index (χ1n) is 6.23. The number of carbonyl (C=O) groups excluding carboxylic acids is 1. The maximum absolute atomic E-state index is 11.5. The zero-order valence-electron chi connectivity index (χ0n) is 11.3. The predicted molar refractivity (Wildman–Crippen MR) is 75.7 cm³/mol. The van der Waals surface area contributed by atoms with E-state index in [1.54, 1.807) is 12.1 Å². The van der Waals surface area contributed by atoms with Gasteiger partial charge in [0.25, 0.3) is 9.05 Å². The minimum absolute atomic E-state index is 0.00149. The summed E-state index contributed by atoms with van der Waals surface area (Å²) in [5, 5.41) is 2.88. The van der Waals surface area contributed by atoms with Gasteiger partial charge in [0.2, 0.25) is 5.91 Å². The van der Waals surface area contributed by atoms with E-state index in [-0.39, 0.29) is 22.6 Å². The molecule has 110 valence electrons. The van der Waals surface area contributed by atoms with Gasteiger partial charge in [0.05, 0.1) is 7.11 Å². The van der Waals surface area contributed by atoms with E-state index >= 15 is 0 Å². The molecule has 0 aliphatic heterocycles. The van der Waals surface area contributed by atoms with E-state index in [2.05, 4.69) is 5.32 Å². The summed E-state index contributed by atoms with van der Waals surface area (Å²) in [6.07, 6.45) is 2.14. The quantitative estimate of drug-likeness (QED) is 0.860. The van der Waals surface area contributed by atoms with Gasteiger partial charge in [-0.15, -0.1) is 0 Å². The summed E-state index contributed by atoms with van der Waals surface area (Å²) < 4.78 is 28.2. The van der Waals surface area contributed by atoms with Crippen LogP contribution in [0.3, 0.4) is 0 Å². The molecule has 0 heterocycles. The second-order valence-electron chi connectivity index (χ2n) is 4.85. The smallest absolute Gasteiger partial charge is 0.264 e. The number of ether oxygens (including phenoxy) is 1. The minimum Gasteiger partial charge on any atom is -0.495 e. The highest BCUT2D eigenvalue weighted by atomic mass is 35.7. The number of aryl methyl sites for hydroxylation is 1.